The molecule has 132 valence electrons. The number of fused-ring (bicyclic) bond motifs is 1. The number of para-hydroxylation sites is 2. The van der Waals surface area contributed by atoms with Crippen molar-refractivity contribution in [2.24, 2.45) is 5.10 Å². The fraction of sp³-hybridized carbons (Fsp3) is 0.105. The number of ether oxygens (including phenoxy) is 1. The van der Waals surface area contributed by atoms with Crippen molar-refractivity contribution in [1.82, 2.24) is 5.43 Å². The number of carbonyl (C=O) groups is 2. The van der Waals surface area contributed by atoms with Gasteiger partial charge in [0.15, 0.2) is 12.4 Å². The first-order valence-corrected chi connectivity index (χ1v) is 7.81. The lowest BCUT2D eigenvalue weighted by molar-refractivity contribution is -0.139. The molecule has 1 heterocycles. The van der Waals surface area contributed by atoms with Crippen LogP contribution in [0.3, 0.4) is 0 Å². The average molecular weight is 352 g/mol. The fourth-order valence-electron chi connectivity index (χ4n) is 2.46. The van der Waals surface area contributed by atoms with Crippen LogP contribution in [0.1, 0.15) is 21.7 Å². The Kier molecular flexibility index (Phi) is 4.98. The maximum Gasteiger partial charge on any atom is 0.341 e. The zero-order chi connectivity index (χ0) is 18.5. The molecule has 7 nitrogen and oxygen atoms in total. The summed E-state index contributed by atoms with van der Waals surface area (Å²) < 4.78 is 10.8. The number of hydrogen-bond donors (Lipinski definition) is 2. The summed E-state index contributed by atoms with van der Waals surface area (Å²) in [5.41, 5.74) is 4.31. The van der Waals surface area contributed by atoms with Gasteiger partial charge in [0.2, 0.25) is 0 Å². The highest BCUT2D eigenvalue weighted by Gasteiger charge is 2.16. The molecule has 0 aliphatic heterocycles. The van der Waals surface area contributed by atoms with Crippen LogP contribution in [-0.4, -0.2) is 29.8 Å². The van der Waals surface area contributed by atoms with Crippen LogP contribution in [0.2, 0.25) is 0 Å². The minimum Gasteiger partial charge on any atom is -0.481 e. The van der Waals surface area contributed by atoms with E-state index in [2.05, 4.69) is 10.5 Å². The number of hydrazone groups is 1. The Balaban J connectivity index is 1.73. The summed E-state index contributed by atoms with van der Waals surface area (Å²) in [6, 6.07) is 14.2. The molecule has 0 saturated carbocycles. The third-order valence-corrected chi connectivity index (χ3v) is 3.69. The van der Waals surface area contributed by atoms with Crippen molar-refractivity contribution < 1.29 is 23.8 Å². The van der Waals surface area contributed by atoms with Crippen LogP contribution in [0.5, 0.6) is 5.75 Å². The molecule has 0 bridgehead atoms. The van der Waals surface area contributed by atoms with Crippen LogP contribution in [-0.2, 0) is 4.79 Å². The normalized spacial score (nSPS) is 11.0. The number of carboxylic acid groups (broad SMARTS) is 1. The molecule has 0 spiro atoms. The molecule has 0 aliphatic rings. The first kappa shape index (κ1) is 17.2. The minimum absolute atomic E-state index is 0.193. The Morgan fingerprint density at radius 2 is 1.92 bits per heavy atom. The van der Waals surface area contributed by atoms with Gasteiger partial charge in [-0.25, -0.2) is 10.2 Å². The van der Waals surface area contributed by atoms with E-state index >= 15 is 0 Å². The molecule has 7 heteroatoms. The number of furan rings is 1. The highest BCUT2D eigenvalue weighted by Crippen LogP contribution is 2.24. The van der Waals surface area contributed by atoms with Crippen LogP contribution >= 0.6 is 0 Å². The van der Waals surface area contributed by atoms with E-state index in [-0.39, 0.29) is 5.76 Å². The van der Waals surface area contributed by atoms with E-state index in [4.69, 9.17) is 14.3 Å². The van der Waals surface area contributed by atoms with Crippen LogP contribution in [0, 0.1) is 6.92 Å². The van der Waals surface area contributed by atoms with Crippen molar-refractivity contribution in [1.29, 1.82) is 0 Å². The maximum absolute atomic E-state index is 12.3. The second kappa shape index (κ2) is 7.52. The lowest BCUT2D eigenvalue weighted by atomic mass is 10.1. The predicted molar refractivity (Wildman–Crippen MR) is 95.6 cm³/mol. The summed E-state index contributed by atoms with van der Waals surface area (Å²) in [6.45, 7) is 1.34. The van der Waals surface area contributed by atoms with E-state index in [9.17, 15) is 9.59 Å². The Bertz CT molecular complexity index is 991. The van der Waals surface area contributed by atoms with Gasteiger partial charge in [0.1, 0.15) is 11.3 Å². The van der Waals surface area contributed by atoms with Gasteiger partial charge in [0.25, 0.3) is 0 Å². The third-order valence-electron chi connectivity index (χ3n) is 3.69. The summed E-state index contributed by atoms with van der Waals surface area (Å²) >= 11 is 0. The van der Waals surface area contributed by atoms with Gasteiger partial charge in [-0.3, -0.25) is 4.79 Å². The molecule has 0 radical (unpaired) electrons. The number of nitrogens with one attached hydrogen (secondary N) is 1. The van der Waals surface area contributed by atoms with Gasteiger partial charge < -0.3 is 14.3 Å². The molecule has 2 N–H and O–H groups in total. The van der Waals surface area contributed by atoms with Gasteiger partial charge in [-0.2, -0.15) is 5.10 Å². The number of benzene rings is 2. The van der Waals surface area contributed by atoms with Crippen LogP contribution in [0.4, 0.5) is 0 Å². The van der Waals surface area contributed by atoms with E-state index in [1.807, 2.05) is 18.2 Å². The van der Waals surface area contributed by atoms with E-state index in [0.29, 0.717) is 16.9 Å². The van der Waals surface area contributed by atoms with Crippen molar-refractivity contribution in [3.8, 4) is 5.75 Å². The fourth-order valence-corrected chi connectivity index (χ4v) is 2.46. The van der Waals surface area contributed by atoms with Crippen molar-refractivity contribution >= 4 is 29.1 Å². The van der Waals surface area contributed by atoms with E-state index in [0.717, 1.165) is 10.9 Å². The quantitative estimate of drug-likeness (QED) is 0.525. The molecule has 26 heavy (non-hydrogen) atoms. The standard InChI is InChI=1S/C19H16N2O5/c1-12-14-7-3-5-9-16(14)26-18(12)19(24)21-20-10-13-6-2-4-8-15(13)25-11-17(22)23/h2-10H,11H2,1H3,(H,21,24)(H,22,23)/b20-10-. The van der Waals surface area contributed by atoms with Crippen LogP contribution in [0.25, 0.3) is 11.0 Å². The molecule has 0 saturated heterocycles. The third kappa shape index (κ3) is 3.72. The van der Waals surface area contributed by atoms with Crippen molar-refractivity contribution in [3.05, 3.63) is 65.4 Å². The number of aliphatic carboxylic acids is 1. The first-order chi connectivity index (χ1) is 12.6. The highest BCUT2D eigenvalue weighted by atomic mass is 16.5. The molecule has 0 unspecified atom stereocenters. The molecule has 3 aromatic rings. The van der Waals surface area contributed by atoms with E-state index in [1.165, 1.54) is 6.21 Å². The number of rotatable bonds is 6. The molecule has 1 aromatic heterocycles. The van der Waals surface area contributed by atoms with Gasteiger partial charge in [0, 0.05) is 16.5 Å². The molecule has 2 aromatic carbocycles. The Hall–Kier alpha value is -3.61. The molecule has 0 aliphatic carbocycles. The molecule has 0 atom stereocenters. The van der Waals surface area contributed by atoms with Gasteiger partial charge in [-0.05, 0) is 25.1 Å². The van der Waals surface area contributed by atoms with Crippen molar-refractivity contribution in [2.45, 2.75) is 6.92 Å². The largest absolute Gasteiger partial charge is 0.481 e. The van der Waals surface area contributed by atoms with Crippen molar-refractivity contribution in [3.63, 3.8) is 0 Å². The summed E-state index contributed by atoms with van der Waals surface area (Å²) in [4.78, 5) is 22.9. The zero-order valence-electron chi connectivity index (χ0n) is 13.9. The Morgan fingerprint density at radius 1 is 1.19 bits per heavy atom. The lowest BCUT2D eigenvalue weighted by Gasteiger charge is -2.06. The second-order valence-electron chi connectivity index (χ2n) is 5.47. The number of amides is 1. The first-order valence-electron chi connectivity index (χ1n) is 7.81. The molecular weight excluding hydrogens is 336 g/mol. The monoisotopic (exact) mass is 352 g/mol. The van der Waals surface area contributed by atoms with Gasteiger partial charge in [-0.15, -0.1) is 0 Å². The van der Waals surface area contributed by atoms with Crippen LogP contribution in [0.15, 0.2) is 58.0 Å². The Morgan fingerprint density at radius 3 is 2.69 bits per heavy atom. The predicted octanol–water partition coefficient (Wildman–Crippen LogP) is 2.97. The van der Waals surface area contributed by atoms with E-state index < -0.39 is 18.5 Å². The van der Waals surface area contributed by atoms with E-state index in [1.54, 1.807) is 37.3 Å². The van der Waals surface area contributed by atoms with Crippen LogP contribution < -0.4 is 10.2 Å². The second-order valence-corrected chi connectivity index (χ2v) is 5.47. The summed E-state index contributed by atoms with van der Waals surface area (Å²) in [5, 5.41) is 13.5. The molecule has 0 fully saturated rings. The van der Waals surface area contributed by atoms with Gasteiger partial charge >= 0.3 is 11.9 Å². The summed E-state index contributed by atoms with van der Waals surface area (Å²) in [5.74, 6) is -1.00. The minimum atomic E-state index is -1.08. The number of nitrogens with zero attached hydrogens (tertiary/aromatic N) is 1. The Labute approximate surface area is 148 Å². The number of carbonyl (C=O) groups excluding carboxylic acids is 1. The number of hydrogen-bond acceptors (Lipinski definition) is 5. The maximum atomic E-state index is 12.3. The average Bonchev–Trinajstić information content (AvgIpc) is 2.98. The molecule has 3 rings (SSSR count). The lowest BCUT2D eigenvalue weighted by Crippen LogP contribution is -2.18. The summed E-state index contributed by atoms with van der Waals surface area (Å²) in [7, 11) is 0. The van der Waals surface area contributed by atoms with Crippen molar-refractivity contribution in [2.75, 3.05) is 6.61 Å². The number of aryl methyl sites for hydroxylation is 1. The molecule has 1 amide bonds. The molecular formula is C19H16N2O5. The zero-order valence-corrected chi connectivity index (χ0v) is 13.9. The summed E-state index contributed by atoms with van der Waals surface area (Å²) in [6.07, 6.45) is 1.38. The topological polar surface area (TPSA) is 101 Å². The SMILES string of the molecule is Cc1c(C(=O)N/N=C\c2ccccc2OCC(=O)O)oc2ccccc12. The number of carboxylic acids is 1. The highest BCUT2D eigenvalue weighted by molar-refractivity contribution is 5.99. The smallest absolute Gasteiger partial charge is 0.341 e. The van der Waals surface area contributed by atoms with Gasteiger partial charge in [0.05, 0.1) is 6.21 Å². The van der Waals surface area contributed by atoms with Gasteiger partial charge in [-0.1, -0.05) is 30.3 Å².